The molecule has 0 radical (unpaired) electrons. The van der Waals surface area contributed by atoms with Gasteiger partial charge in [0.15, 0.2) is 0 Å². The number of rotatable bonds is 8. The molecule has 25 heavy (non-hydrogen) atoms. The third-order valence-electron chi connectivity index (χ3n) is 5.06. The average molecular weight is 338 g/mol. The molecule has 3 nitrogen and oxygen atoms in total. The van der Waals surface area contributed by atoms with Crippen LogP contribution < -0.4 is 5.73 Å². The molecule has 2 N–H and O–H groups in total. The quantitative estimate of drug-likeness (QED) is 0.798. The van der Waals surface area contributed by atoms with E-state index in [1.165, 1.54) is 55.6 Å². The van der Waals surface area contributed by atoms with Crippen molar-refractivity contribution in [1.82, 2.24) is 9.80 Å². The molecule has 0 aliphatic carbocycles. The topological polar surface area (TPSA) is 32.5 Å². The van der Waals surface area contributed by atoms with Crippen molar-refractivity contribution in [2.45, 2.75) is 38.9 Å². The van der Waals surface area contributed by atoms with Crippen molar-refractivity contribution in [1.29, 1.82) is 0 Å². The minimum atomic E-state index is 0.611. The van der Waals surface area contributed by atoms with Gasteiger partial charge in [0.2, 0.25) is 0 Å². The molecule has 0 aromatic heterocycles. The maximum absolute atomic E-state index is 5.81. The predicted octanol–water partition coefficient (Wildman–Crippen LogP) is 3.63. The lowest BCUT2D eigenvalue weighted by Crippen LogP contribution is -2.37. The van der Waals surface area contributed by atoms with E-state index in [-0.39, 0.29) is 0 Å². The van der Waals surface area contributed by atoms with Crippen LogP contribution in [0.2, 0.25) is 0 Å². The molecule has 1 aliphatic rings. The second kappa shape index (κ2) is 9.71. The van der Waals surface area contributed by atoms with Crippen LogP contribution in [0.15, 0.2) is 54.6 Å². The van der Waals surface area contributed by atoms with Crippen LogP contribution >= 0.6 is 0 Å². The van der Waals surface area contributed by atoms with Gasteiger partial charge in [0, 0.05) is 32.7 Å². The average Bonchev–Trinajstić information content (AvgIpc) is 2.68. The second-order valence-corrected chi connectivity index (χ2v) is 7.12. The summed E-state index contributed by atoms with van der Waals surface area (Å²) in [4.78, 5) is 5.19. The van der Waals surface area contributed by atoms with E-state index in [1.54, 1.807) is 0 Å². The van der Waals surface area contributed by atoms with Gasteiger partial charge in [-0.25, -0.2) is 0 Å². The van der Waals surface area contributed by atoms with Crippen LogP contribution in [0.1, 0.15) is 36.0 Å². The summed E-state index contributed by atoms with van der Waals surface area (Å²) in [5.41, 5.74) is 9.77. The van der Waals surface area contributed by atoms with E-state index >= 15 is 0 Å². The van der Waals surface area contributed by atoms with Gasteiger partial charge in [-0.15, -0.1) is 0 Å². The van der Waals surface area contributed by atoms with E-state index in [0.29, 0.717) is 6.54 Å². The summed E-state index contributed by atoms with van der Waals surface area (Å²) < 4.78 is 0. The van der Waals surface area contributed by atoms with Crippen molar-refractivity contribution in [3.05, 3.63) is 71.3 Å². The lowest BCUT2D eigenvalue weighted by atomic mass is 10.1. The molecule has 0 amide bonds. The lowest BCUT2D eigenvalue weighted by Gasteiger charge is -2.30. The Bertz CT molecular complexity index is 620. The van der Waals surface area contributed by atoms with E-state index in [2.05, 4.69) is 64.4 Å². The molecule has 1 aliphatic heterocycles. The van der Waals surface area contributed by atoms with Crippen LogP contribution in [0.5, 0.6) is 0 Å². The van der Waals surface area contributed by atoms with Crippen molar-refractivity contribution in [2.75, 3.05) is 26.2 Å². The normalized spacial score (nSPS) is 15.6. The summed E-state index contributed by atoms with van der Waals surface area (Å²) in [5.74, 6) is 0. The van der Waals surface area contributed by atoms with Crippen LogP contribution in [0.4, 0.5) is 0 Å². The molecule has 3 rings (SSSR count). The van der Waals surface area contributed by atoms with Crippen molar-refractivity contribution in [3.8, 4) is 0 Å². The van der Waals surface area contributed by atoms with Crippen molar-refractivity contribution in [3.63, 3.8) is 0 Å². The molecular formula is C22H31N3. The molecular weight excluding hydrogens is 306 g/mol. The Morgan fingerprint density at radius 3 is 2.24 bits per heavy atom. The molecule has 1 saturated heterocycles. The first-order valence-electron chi connectivity index (χ1n) is 9.60. The highest BCUT2D eigenvalue weighted by atomic mass is 15.2. The molecule has 1 heterocycles. The number of benzene rings is 2. The Kier molecular flexibility index (Phi) is 7.04. The van der Waals surface area contributed by atoms with Crippen LogP contribution in [0.3, 0.4) is 0 Å². The van der Waals surface area contributed by atoms with Crippen molar-refractivity contribution >= 4 is 0 Å². The van der Waals surface area contributed by atoms with Gasteiger partial charge >= 0.3 is 0 Å². The van der Waals surface area contributed by atoms with Gasteiger partial charge in [-0.05, 0) is 42.6 Å². The van der Waals surface area contributed by atoms with E-state index in [4.69, 9.17) is 5.73 Å². The first kappa shape index (κ1) is 18.1. The molecule has 1 fully saturated rings. The third kappa shape index (κ3) is 5.96. The zero-order valence-electron chi connectivity index (χ0n) is 15.2. The fourth-order valence-electron chi connectivity index (χ4n) is 3.63. The monoisotopic (exact) mass is 337 g/mol. The second-order valence-electron chi connectivity index (χ2n) is 7.12. The van der Waals surface area contributed by atoms with E-state index < -0.39 is 0 Å². The fraction of sp³-hybridized carbons (Fsp3) is 0.455. The zero-order valence-corrected chi connectivity index (χ0v) is 15.2. The summed E-state index contributed by atoms with van der Waals surface area (Å²) in [6.45, 7) is 7.41. The molecule has 0 bridgehead atoms. The Morgan fingerprint density at radius 2 is 1.48 bits per heavy atom. The predicted molar refractivity (Wildman–Crippen MR) is 105 cm³/mol. The van der Waals surface area contributed by atoms with Crippen molar-refractivity contribution < 1.29 is 0 Å². The Labute approximate surface area is 152 Å². The molecule has 0 atom stereocenters. The van der Waals surface area contributed by atoms with Gasteiger partial charge in [0.05, 0.1) is 0 Å². The standard InChI is InChI=1S/C22H31N3/c23-17-21-10-7-11-22(16-21)19-25(18-20-8-3-1-4-9-20)15-14-24-12-5-2-6-13-24/h1,3-4,7-11,16H,2,5-6,12-15,17-19,23H2. The molecule has 0 unspecified atom stereocenters. The minimum Gasteiger partial charge on any atom is -0.326 e. The van der Waals surface area contributed by atoms with Gasteiger partial charge in [0.25, 0.3) is 0 Å². The maximum atomic E-state index is 5.81. The number of likely N-dealkylation sites (tertiary alicyclic amines) is 1. The summed E-state index contributed by atoms with van der Waals surface area (Å²) >= 11 is 0. The summed E-state index contributed by atoms with van der Waals surface area (Å²) in [6.07, 6.45) is 4.12. The molecule has 3 heteroatoms. The van der Waals surface area contributed by atoms with Gasteiger partial charge in [0.1, 0.15) is 0 Å². The molecule has 0 spiro atoms. The Morgan fingerprint density at radius 1 is 0.800 bits per heavy atom. The molecule has 2 aromatic carbocycles. The maximum Gasteiger partial charge on any atom is 0.0237 e. The van der Waals surface area contributed by atoms with Crippen LogP contribution in [-0.2, 0) is 19.6 Å². The SMILES string of the molecule is NCc1cccc(CN(CCN2CCCCC2)Cc2ccccc2)c1. The summed E-state index contributed by atoms with van der Waals surface area (Å²) in [6, 6.07) is 19.5. The molecule has 134 valence electrons. The Hall–Kier alpha value is -1.68. The highest BCUT2D eigenvalue weighted by Gasteiger charge is 2.13. The first-order valence-corrected chi connectivity index (χ1v) is 9.60. The van der Waals surface area contributed by atoms with Crippen LogP contribution in [-0.4, -0.2) is 36.0 Å². The third-order valence-corrected chi connectivity index (χ3v) is 5.06. The molecule has 0 saturated carbocycles. The van der Waals surface area contributed by atoms with E-state index in [1.807, 2.05) is 0 Å². The first-order chi connectivity index (χ1) is 12.3. The number of nitrogens with zero attached hydrogens (tertiary/aromatic N) is 2. The van der Waals surface area contributed by atoms with Gasteiger partial charge < -0.3 is 10.6 Å². The summed E-state index contributed by atoms with van der Waals surface area (Å²) in [7, 11) is 0. The van der Waals surface area contributed by atoms with Crippen LogP contribution in [0, 0.1) is 0 Å². The van der Waals surface area contributed by atoms with Gasteiger partial charge in [-0.2, -0.15) is 0 Å². The highest BCUT2D eigenvalue weighted by Crippen LogP contribution is 2.13. The largest absolute Gasteiger partial charge is 0.326 e. The molecule has 2 aromatic rings. The minimum absolute atomic E-state index is 0.611. The summed E-state index contributed by atoms with van der Waals surface area (Å²) in [5, 5.41) is 0. The number of piperidine rings is 1. The lowest BCUT2D eigenvalue weighted by molar-refractivity contribution is 0.173. The smallest absolute Gasteiger partial charge is 0.0237 e. The van der Waals surface area contributed by atoms with E-state index in [0.717, 1.165) is 19.6 Å². The van der Waals surface area contributed by atoms with Gasteiger partial charge in [-0.3, -0.25) is 4.90 Å². The van der Waals surface area contributed by atoms with Crippen molar-refractivity contribution in [2.24, 2.45) is 5.73 Å². The zero-order chi connectivity index (χ0) is 17.3. The Balaban J connectivity index is 1.64. The number of hydrogen-bond donors (Lipinski definition) is 1. The van der Waals surface area contributed by atoms with Gasteiger partial charge in [-0.1, -0.05) is 61.0 Å². The highest BCUT2D eigenvalue weighted by molar-refractivity contribution is 5.23. The number of hydrogen-bond acceptors (Lipinski definition) is 3. The fourth-order valence-corrected chi connectivity index (χ4v) is 3.63. The number of nitrogens with two attached hydrogens (primary N) is 1. The van der Waals surface area contributed by atoms with Crippen LogP contribution in [0.25, 0.3) is 0 Å². The van der Waals surface area contributed by atoms with E-state index in [9.17, 15) is 0 Å².